The molecule has 29 heavy (non-hydrogen) atoms. The highest BCUT2D eigenvalue weighted by Gasteiger charge is 2.34. The van der Waals surface area contributed by atoms with Crippen molar-refractivity contribution in [3.05, 3.63) is 24.3 Å². The van der Waals surface area contributed by atoms with Gasteiger partial charge in [-0.1, -0.05) is 20.3 Å². The second kappa shape index (κ2) is 9.26. The average molecular weight is 422 g/mol. The lowest BCUT2D eigenvalue weighted by Gasteiger charge is -2.30. The fourth-order valence-electron chi connectivity index (χ4n) is 3.98. The Morgan fingerprint density at radius 2 is 1.93 bits per heavy atom. The zero-order valence-corrected chi connectivity index (χ0v) is 18.1. The van der Waals surface area contributed by atoms with Gasteiger partial charge in [0.25, 0.3) is 0 Å². The summed E-state index contributed by atoms with van der Waals surface area (Å²) in [5, 5.41) is 2.82. The highest BCUT2D eigenvalue weighted by Crippen LogP contribution is 2.25. The molecule has 2 fully saturated rings. The lowest BCUT2D eigenvalue weighted by molar-refractivity contribution is -0.128. The number of anilines is 1. The van der Waals surface area contributed by atoms with Gasteiger partial charge in [-0.2, -0.15) is 4.31 Å². The van der Waals surface area contributed by atoms with Gasteiger partial charge in [-0.05, 0) is 49.4 Å². The topological polar surface area (TPSA) is 86.8 Å². The van der Waals surface area contributed by atoms with E-state index < -0.39 is 10.0 Å². The highest BCUT2D eigenvalue weighted by atomic mass is 32.2. The van der Waals surface area contributed by atoms with Crippen LogP contribution >= 0.6 is 0 Å². The predicted octanol–water partition coefficient (Wildman–Crippen LogP) is 2.69. The minimum Gasteiger partial charge on any atom is -0.342 e. The summed E-state index contributed by atoms with van der Waals surface area (Å²) >= 11 is 0. The van der Waals surface area contributed by atoms with Crippen LogP contribution in [0.2, 0.25) is 0 Å². The summed E-state index contributed by atoms with van der Waals surface area (Å²) in [7, 11) is -3.51. The molecule has 2 aliphatic heterocycles. The van der Waals surface area contributed by atoms with E-state index in [-0.39, 0.29) is 29.0 Å². The molecule has 0 spiro atoms. The van der Waals surface area contributed by atoms with Crippen molar-refractivity contribution in [3.8, 4) is 0 Å². The van der Waals surface area contributed by atoms with Gasteiger partial charge in [0.2, 0.25) is 21.8 Å². The van der Waals surface area contributed by atoms with Gasteiger partial charge in [0.05, 0.1) is 10.8 Å². The monoisotopic (exact) mass is 421 g/mol. The second-order valence-electron chi connectivity index (χ2n) is 8.22. The fourth-order valence-corrected chi connectivity index (χ4v) is 5.58. The number of benzene rings is 1. The molecule has 0 radical (unpaired) electrons. The molecule has 0 unspecified atom stereocenters. The summed E-state index contributed by atoms with van der Waals surface area (Å²) in [6, 6.07) is 6.31. The maximum absolute atomic E-state index is 12.8. The van der Waals surface area contributed by atoms with Crippen LogP contribution in [0.4, 0.5) is 5.69 Å². The van der Waals surface area contributed by atoms with Crippen molar-refractivity contribution >= 4 is 27.5 Å². The Morgan fingerprint density at radius 3 is 2.59 bits per heavy atom. The van der Waals surface area contributed by atoms with Crippen molar-refractivity contribution in [2.75, 3.05) is 31.5 Å². The van der Waals surface area contributed by atoms with Gasteiger partial charge in [0, 0.05) is 38.3 Å². The van der Waals surface area contributed by atoms with Crippen LogP contribution in [0.3, 0.4) is 0 Å². The Labute approximate surface area is 173 Å². The van der Waals surface area contributed by atoms with E-state index in [1.807, 2.05) is 0 Å². The predicted molar refractivity (Wildman–Crippen MR) is 112 cm³/mol. The van der Waals surface area contributed by atoms with Gasteiger partial charge in [-0.25, -0.2) is 8.42 Å². The molecule has 3 rings (SSSR count). The maximum atomic E-state index is 12.8. The first-order valence-corrected chi connectivity index (χ1v) is 11.9. The molecule has 2 amide bonds. The van der Waals surface area contributed by atoms with Crippen molar-refractivity contribution in [1.82, 2.24) is 9.21 Å². The Kier molecular flexibility index (Phi) is 6.95. The number of nitrogens with zero attached hydrogens (tertiary/aromatic N) is 2. The van der Waals surface area contributed by atoms with Gasteiger partial charge in [-0.3, -0.25) is 9.59 Å². The van der Waals surface area contributed by atoms with E-state index in [2.05, 4.69) is 19.2 Å². The first kappa shape index (κ1) is 21.8. The Hall–Kier alpha value is -1.93. The SMILES string of the molecule is CCCCN1C[C@H](C(=O)Nc2ccc(S(=O)(=O)N3CCC[C@H](C)C3)cc2)CC1=O. The van der Waals surface area contributed by atoms with Crippen LogP contribution in [-0.4, -0.2) is 55.6 Å². The number of unbranched alkanes of at least 4 members (excludes halogenated alkanes) is 1. The van der Waals surface area contributed by atoms with Crippen LogP contribution in [0.15, 0.2) is 29.2 Å². The number of sulfonamides is 1. The summed E-state index contributed by atoms with van der Waals surface area (Å²) in [6.45, 7) is 6.38. The van der Waals surface area contributed by atoms with Crippen LogP contribution in [0.1, 0.15) is 46.0 Å². The molecule has 0 saturated carbocycles. The summed E-state index contributed by atoms with van der Waals surface area (Å²) < 4.78 is 27.2. The molecule has 2 heterocycles. The summed E-state index contributed by atoms with van der Waals surface area (Å²) in [5.74, 6) is -0.172. The average Bonchev–Trinajstić information content (AvgIpc) is 3.07. The van der Waals surface area contributed by atoms with E-state index in [9.17, 15) is 18.0 Å². The van der Waals surface area contributed by atoms with Crippen molar-refractivity contribution in [2.45, 2.75) is 50.8 Å². The van der Waals surface area contributed by atoms with Gasteiger partial charge >= 0.3 is 0 Å². The quantitative estimate of drug-likeness (QED) is 0.733. The standard InChI is InChI=1S/C21H31N3O4S/c1-3-4-11-23-15-17(13-20(23)25)21(26)22-18-7-9-19(10-8-18)29(27,28)24-12-5-6-16(2)14-24/h7-10,16-17H,3-6,11-15H2,1-2H3,(H,22,26)/t16-,17+/m0/s1. The molecule has 160 valence electrons. The molecule has 2 saturated heterocycles. The van der Waals surface area contributed by atoms with Crippen molar-refractivity contribution < 1.29 is 18.0 Å². The zero-order chi connectivity index (χ0) is 21.0. The first-order chi connectivity index (χ1) is 13.8. The third kappa shape index (κ3) is 5.17. The van der Waals surface area contributed by atoms with Crippen molar-refractivity contribution in [3.63, 3.8) is 0 Å². The molecule has 1 aromatic rings. The number of piperidine rings is 1. The normalized spacial score (nSPS) is 23.4. The smallest absolute Gasteiger partial charge is 0.243 e. The number of rotatable bonds is 7. The minimum absolute atomic E-state index is 0.0239. The summed E-state index contributed by atoms with van der Waals surface area (Å²) in [4.78, 5) is 26.6. The lowest BCUT2D eigenvalue weighted by Crippen LogP contribution is -2.39. The van der Waals surface area contributed by atoms with E-state index >= 15 is 0 Å². The Bertz CT molecular complexity index is 838. The first-order valence-electron chi connectivity index (χ1n) is 10.5. The molecule has 7 nitrogen and oxygen atoms in total. The van der Waals surface area contributed by atoms with Gasteiger partial charge in [0.15, 0.2) is 0 Å². The molecular weight excluding hydrogens is 390 g/mol. The van der Waals surface area contributed by atoms with Gasteiger partial charge in [-0.15, -0.1) is 0 Å². The number of amides is 2. The van der Waals surface area contributed by atoms with E-state index in [0.717, 1.165) is 25.7 Å². The molecule has 8 heteroatoms. The van der Waals surface area contributed by atoms with E-state index in [4.69, 9.17) is 0 Å². The number of likely N-dealkylation sites (tertiary alicyclic amines) is 1. The number of carbonyl (C=O) groups excluding carboxylic acids is 2. The maximum Gasteiger partial charge on any atom is 0.243 e. The Morgan fingerprint density at radius 1 is 1.21 bits per heavy atom. The molecule has 1 N–H and O–H groups in total. The van der Waals surface area contributed by atoms with Crippen LogP contribution in [0.25, 0.3) is 0 Å². The number of nitrogens with one attached hydrogen (secondary N) is 1. The summed E-state index contributed by atoms with van der Waals surface area (Å²) in [6.07, 6.45) is 4.10. The van der Waals surface area contributed by atoms with Gasteiger partial charge < -0.3 is 10.2 Å². The van der Waals surface area contributed by atoms with E-state index in [0.29, 0.717) is 37.8 Å². The summed E-state index contributed by atoms with van der Waals surface area (Å²) in [5.41, 5.74) is 0.542. The number of hydrogen-bond donors (Lipinski definition) is 1. The largest absolute Gasteiger partial charge is 0.342 e. The van der Waals surface area contributed by atoms with Crippen LogP contribution < -0.4 is 5.32 Å². The second-order valence-corrected chi connectivity index (χ2v) is 10.2. The van der Waals surface area contributed by atoms with Gasteiger partial charge in [0.1, 0.15) is 0 Å². The molecule has 2 atom stereocenters. The van der Waals surface area contributed by atoms with Crippen molar-refractivity contribution in [1.29, 1.82) is 0 Å². The molecule has 0 bridgehead atoms. The van der Waals surface area contributed by atoms with E-state index in [1.54, 1.807) is 21.3 Å². The molecule has 2 aliphatic rings. The fraction of sp³-hybridized carbons (Fsp3) is 0.619. The number of carbonyl (C=O) groups is 2. The minimum atomic E-state index is -3.51. The molecule has 0 aliphatic carbocycles. The molecule has 1 aromatic carbocycles. The van der Waals surface area contributed by atoms with Crippen LogP contribution in [0, 0.1) is 11.8 Å². The Balaban J connectivity index is 1.60. The van der Waals surface area contributed by atoms with Crippen LogP contribution in [0.5, 0.6) is 0 Å². The third-order valence-corrected chi connectivity index (χ3v) is 7.63. The number of hydrogen-bond acceptors (Lipinski definition) is 4. The molecular formula is C21H31N3O4S. The van der Waals surface area contributed by atoms with E-state index in [1.165, 1.54) is 12.1 Å². The lowest BCUT2D eigenvalue weighted by atomic mass is 10.0. The molecule has 0 aromatic heterocycles. The highest BCUT2D eigenvalue weighted by molar-refractivity contribution is 7.89. The zero-order valence-electron chi connectivity index (χ0n) is 17.3. The van der Waals surface area contributed by atoms with Crippen molar-refractivity contribution in [2.24, 2.45) is 11.8 Å². The van der Waals surface area contributed by atoms with Crippen LogP contribution in [-0.2, 0) is 19.6 Å². The third-order valence-electron chi connectivity index (χ3n) is 5.75.